The zero-order valence-corrected chi connectivity index (χ0v) is 12.5. The van der Waals surface area contributed by atoms with E-state index < -0.39 is 0 Å². The smallest absolute Gasteiger partial charge is 0.122 e. The summed E-state index contributed by atoms with van der Waals surface area (Å²) in [5.74, 6) is 1.80. The van der Waals surface area contributed by atoms with Gasteiger partial charge in [0.25, 0.3) is 0 Å². The van der Waals surface area contributed by atoms with E-state index in [9.17, 15) is 0 Å². The molecule has 2 rings (SSSR count). The second-order valence-electron chi connectivity index (χ2n) is 4.92. The van der Waals surface area contributed by atoms with Gasteiger partial charge in [-0.1, -0.05) is 51.7 Å². The minimum atomic E-state index is 0.761. The summed E-state index contributed by atoms with van der Waals surface area (Å²) in [6.45, 7) is 6.11. The third kappa shape index (κ3) is 4.04. The first-order valence-electron chi connectivity index (χ1n) is 7.46. The largest absolute Gasteiger partial charge is 0.496 e. The number of hydrogen-bond acceptors (Lipinski definition) is 1. The van der Waals surface area contributed by atoms with Crippen molar-refractivity contribution in [2.45, 2.75) is 65.2 Å². The van der Waals surface area contributed by atoms with Gasteiger partial charge in [0.15, 0.2) is 0 Å². The summed E-state index contributed by atoms with van der Waals surface area (Å²) in [6, 6.07) is 6.72. The quantitative estimate of drug-likeness (QED) is 0.631. The van der Waals surface area contributed by atoms with Crippen molar-refractivity contribution < 1.29 is 4.74 Å². The number of hydrogen-bond donors (Lipinski definition) is 0. The topological polar surface area (TPSA) is 9.23 Å². The average Bonchev–Trinajstić information content (AvgIpc) is 2.70. The second-order valence-corrected chi connectivity index (χ2v) is 4.92. The van der Waals surface area contributed by atoms with Gasteiger partial charge in [0.05, 0.1) is 7.11 Å². The van der Waals surface area contributed by atoms with E-state index in [0.717, 1.165) is 11.7 Å². The fourth-order valence-corrected chi connectivity index (χ4v) is 2.70. The van der Waals surface area contributed by atoms with Gasteiger partial charge >= 0.3 is 0 Å². The molecule has 1 fully saturated rings. The van der Waals surface area contributed by atoms with Crippen molar-refractivity contribution in [1.29, 1.82) is 0 Å². The molecule has 1 nitrogen and oxygen atoms in total. The molecule has 0 saturated heterocycles. The molecule has 0 heterocycles. The molecule has 1 aromatic rings. The maximum Gasteiger partial charge on any atom is 0.122 e. The Kier molecular flexibility index (Phi) is 6.85. The van der Waals surface area contributed by atoms with Crippen LogP contribution in [0.5, 0.6) is 5.75 Å². The number of methoxy groups -OCH3 is 1. The van der Waals surface area contributed by atoms with E-state index in [-0.39, 0.29) is 0 Å². The summed E-state index contributed by atoms with van der Waals surface area (Å²) in [4.78, 5) is 0. The molecule has 1 saturated carbocycles. The van der Waals surface area contributed by atoms with Crippen molar-refractivity contribution in [2.24, 2.45) is 0 Å². The summed E-state index contributed by atoms with van der Waals surface area (Å²) in [6.07, 6.45) is 8.32. The van der Waals surface area contributed by atoms with Crippen molar-refractivity contribution in [3.63, 3.8) is 0 Å². The average molecular weight is 248 g/mol. The monoisotopic (exact) mass is 248 g/mol. The first-order valence-corrected chi connectivity index (χ1v) is 7.46. The Balaban J connectivity index is 0.000000771. The van der Waals surface area contributed by atoms with Crippen molar-refractivity contribution in [3.05, 3.63) is 29.3 Å². The fraction of sp³-hybridized carbons (Fsp3) is 0.647. The van der Waals surface area contributed by atoms with Gasteiger partial charge in [0.2, 0.25) is 0 Å². The summed E-state index contributed by atoms with van der Waals surface area (Å²) in [7, 11) is 1.76. The van der Waals surface area contributed by atoms with Crippen LogP contribution in [0.4, 0.5) is 0 Å². The van der Waals surface area contributed by atoms with Gasteiger partial charge in [0, 0.05) is 0 Å². The summed E-state index contributed by atoms with van der Waals surface area (Å²) in [5.41, 5.74) is 2.71. The van der Waals surface area contributed by atoms with Crippen LogP contribution in [0.15, 0.2) is 18.2 Å². The Morgan fingerprint density at radius 2 is 1.61 bits per heavy atom. The van der Waals surface area contributed by atoms with Gasteiger partial charge in [0.1, 0.15) is 5.75 Å². The van der Waals surface area contributed by atoms with Crippen molar-refractivity contribution in [3.8, 4) is 5.75 Å². The predicted molar refractivity (Wildman–Crippen MR) is 79.5 cm³/mol. The van der Waals surface area contributed by atoms with Crippen LogP contribution in [-0.4, -0.2) is 7.11 Å². The first-order chi connectivity index (χ1) is 8.81. The van der Waals surface area contributed by atoms with Crippen LogP contribution in [0.1, 0.15) is 69.4 Å². The lowest BCUT2D eigenvalue weighted by Crippen LogP contribution is -1.98. The van der Waals surface area contributed by atoms with Crippen LogP contribution < -0.4 is 4.74 Å². The zero-order chi connectivity index (χ0) is 13.4. The van der Waals surface area contributed by atoms with E-state index in [1.807, 2.05) is 13.8 Å². The second kappa shape index (κ2) is 8.18. The summed E-state index contributed by atoms with van der Waals surface area (Å²) < 4.78 is 5.41. The highest BCUT2D eigenvalue weighted by Crippen LogP contribution is 2.33. The SMILES string of the molecule is CC.COc1cc(C2CCCCCC2)ccc1C. The molecule has 0 radical (unpaired) electrons. The van der Waals surface area contributed by atoms with Gasteiger partial charge in [-0.2, -0.15) is 0 Å². The molecule has 0 aromatic heterocycles. The molecule has 0 aliphatic heterocycles. The first kappa shape index (κ1) is 15.1. The molecule has 0 unspecified atom stereocenters. The van der Waals surface area contributed by atoms with Gasteiger partial charge in [-0.25, -0.2) is 0 Å². The molecular formula is C17H28O. The van der Waals surface area contributed by atoms with Crippen molar-refractivity contribution in [2.75, 3.05) is 7.11 Å². The minimum Gasteiger partial charge on any atom is -0.496 e. The molecule has 0 spiro atoms. The van der Waals surface area contributed by atoms with Gasteiger partial charge in [-0.15, -0.1) is 0 Å². The predicted octanol–water partition coefficient (Wildman–Crippen LogP) is 5.47. The Labute approximate surface area is 113 Å². The molecule has 0 N–H and O–H groups in total. The van der Waals surface area contributed by atoms with Crippen LogP contribution >= 0.6 is 0 Å². The minimum absolute atomic E-state index is 0.761. The molecule has 0 atom stereocenters. The standard InChI is InChI=1S/C15H22O.C2H6/c1-12-9-10-14(11-15(12)16-2)13-7-5-3-4-6-8-13;1-2/h9-11,13H,3-8H2,1-2H3;1-2H3. The van der Waals surface area contributed by atoms with Crippen LogP contribution in [0.2, 0.25) is 0 Å². The third-order valence-corrected chi connectivity index (χ3v) is 3.76. The molecule has 0 bridgehead atoms. The summed E-state index contributed by atoms with van der Waals surface area (Å²) >= 11 is 0. The van der Waals surface area contributed by atoms with Crippen molar-refractivity contribution >= 4 is 0 Å². The molecule has 1 aromatic carbocycles. The molecule has 1 aliphatic rings. The summed E-state index contributed by atoms with van der Waals surface area (Å²) in [5, 5.41) is 0. The van der Waals surface area contributed by atoms with E-state index in [0.29, 0.717) is 0 Å². The van der Waals surface area contributed by atoms with Crippen LogP contribution in [0.3, 0.4) is 0 Å². The van der Waals surface area contributed by atoms with Crippen molar-refractivity contribution in [1.82, 2.24) is 0 Å². The molecule has 102 valence electrons. The number of rotatable bonds is 2. The lowest BCUT2D eigenvalue weighted by atomic mass is 9.91. The highest BCUT2D eigenvalue weighted by molar-refractivity contribution is 5.38. The Morgan fingerprint density at radius 3 is 2.17 bits per heavy atom. The van der Waals surface area contributed by atoms with Gasteiger partial charge < -0.3 is 4.74 Å². The molecule has 18 heavy (non-hydrogen) atoms. The molecule has 1 heteroatoms. The van der Waals surface area contributed by atoms with E-state index in [1.165, 1.54) is 49.7 Å². The lowest BCUT2D eigenvalue weighted by Gasteiger charge is -2.16. The highest BCUT2D eigenvalue weighted by Gasteiger charge is 2.15. The zero-order valence-electron chi connectivity index (χ0n) is 12.5. The molecule has 0 amide bonds. The molecular weight excluding hydrogens is 220 g/mol. The van der Waals surface area contributed by atoms with Crippen LogP contribution in [-0.2, 0) is 0 Å². The van der Waals surface area contributed by atoms with E-state index in [2.05, 4.69) is 25.1 Å². The van der Waals surface area contributed by atoms with E-state index in [1.54, 1.807) is 7.11 Å². The number of ether oxygens (including phenoxy) is 1. The Morgan fingerprint density at radius 1 is 1.00 bits per heavy atom. The third-order valence-electron chi connectivity index (χ3n) is 3.76. The Bertz CT molecular complexity index is 335. The number of aryl methyl sites for hydroxylation is 1. The van der Waals surface area contributed by atoms with E-state index in [4.69, 9.17) is 4.74 Å². The highest BCUT2D eigenvalue weighted by atomic mass is 16.5. The lowest BCUT2D eigenvalue weighted by molar-refractivity contribution is 0.410. The van der Waals surface area contributed by atoms with Crippen LogP contribution in [0.25, 0.3) is 0 Å². The van der Waals surface area contributed by atoms with Crippen LogP contribution in [0, 0.1) is 6.92 Å². The Hall–Kier alpha value is -0.980. The van der Waals surface area contributed by atoms with E-state index >= 15 is 0 Å². The maximum absolute atomic E-state index is 5.41. The van der Waals surface area contributed by atoms with Gasteiger partial charge in [-0.3, -0.25) is 0 Å². The fourth-order valence-electron chi connectivity index (χ4n) is 2.70. The van der Waals surface area contributed by atoms with Gasteiger partial charge in [-0.05, 0) is 42.9 Å². The number of benzene rings is 1. The molecule has 1 aliphatic carbocycles. The normalized spacial score (nSPS) is 16.4. The maximum atomic E-state index is 5.41.